The van der Waals surface area contributed by atoms with Gasteiger partial charge in [0.25, 0.3) is 0 Å². The van der Waals surface area contributed by atoms with E-state index in [9.17, 15) is 13.2 Å². The van der Waals surface area contributed by atoms with E-state index in [1.807, 2.05) is 25.1 Å². The van der Waals surface area contributed by atoms with E-state index in [2.05, 4.69) is 23.4 Å². The average Bonchev–Trinajstić information content (AvgIpc) is 3.14. The summed E-state index contributed by atoms with van der Waals surface area (Å²) in [4.78, 5) is 9.30. The molecule has 2 aromatic carbocycles. The Morgan fingerprint density at radius 3 is 2.53 bits per heavy atom. The standard InChI is InChI=1S/C26H29F3N4O/c1-4-34-15-22-32-23-24(33(22)14-16(2)3)19-12-10-17(13-21(19)31-25(23)30)9-11-18-7-5-6-8-20(18)26(27,28)29/h5-8,10,12-13,16H,4,9,11,14-15H2,1-3H3,(H2,30,31). The maximum atomic E-state index is 13.3. The number of nitrogen functional groups attached to an aromatic ring is 1. The van der Waals surface area contributed by atoms with Crippen molar-refractivity contribution in [2.45, 2.75) is 52.9 Å². The minimum Gasteiger partial charge on any atom is -0.382 e. The molecule has 0 fully saturated rings. The molecule has 4 aromatic rings. The zero-order valence-electron chi connectivity index (χ0n) is 19.6. The Balaban J connectivity index is 1.73. The zero-order chi connectivity index (χ0) is 24.5. The summed E-state index contributed by atoms with van der Waals surface area (Å²) in [5, 5.41) is 0.916. The highest BCUT2D eigenvalue weighted by Crippen LogP contribution is 2.33. The first-order valence-corrected chi connectivity index (χ1v) is 11.5. The molecule has 0 aliphatic heterocycles. The van der Waals surface area contributed by atoms with Gasteiger partial charge in [0, 0.05) is 18.5 Å². The van der Waals surface area contributed by atoms with Crippen LogP contribution in [0.5, 0.6) is 0 Å². The second kappa shape index (κ2) is 9.62. The third-order valence-corrected chi connectivity index (χ3v) is 5.84. The SMILES string of the molecule is CCOCc1nc2c(N)nc3cc(CCc4ccccc4C(F)(F)F)ccc3c2n1CC(C)C. The summed E-state index contributed by atoms with van der Waals surface area (Å²) in [7, 11) is 0. The molecule has 180 valence electrons. The molecule has 2 aromatic heterocycles. The van der Waals surface area contributed by atoms with Crippen molar-refractivity contribution in [1.29, 1.82) is 0 Å². The van der Waals surface area contributed by atoms with Crippen LogP contribution in [-0.2, 0) is 36.9 Å². The van der Waals surface area contributed by atoms with Gasteiger partial charge in [0.05, 0.1) is 16.6 Å². The predicted octanol–water partition coefficient (Wildman–Crippen LogP) is 6.16. The number of ether oxygens (including phenoxy) is 1. The number of anilines is 1. The third kappa shape index (κ3) is 4.87. The van der Waals surface area contributed by atoms with Crippen LogP contribution >= 0.6 is 0 Å². The molecule has 0 amide bonds. The molecule has 0 bridgehead atoms. The number of benzene rings is 2. The molecule has 0 saturated heterocycles. The normalized spacial score (nSPS) is 12.3. The minimum atomic E-state index is -4.37. The van der Waals surface area contributed by atoms with Crippen LogP contribution in [-0.4, -0.2) is 21.1 Å². The van der Waals surface area contributed by atoms with Crippen molar-refractivity contribution in [1.82, 2.24) is 14.5 Å². The van der Waals surface area contributed by atoms with E-state index in [-0.39, 0.29) is 12.0 Å². The number of alkyl halides is 3. The first kappa shape index (κ1) is 24.0. The monoisotopic (exact) mass is 470 g/mol. The Hall–Kier alpha value is -3.13. The highest BCUT2D eigenvalue weighted by atomic mass is 19.4. The maximum absolute atomic E-state index is 13.3. The Labute approximate surface area is 196 Å². The van der Waals surface area contributed by atoms with E-state index in [1.54, 1.807) is 6.07 Å². The van der Waals surface area contributed by atoms with Crippen molar-refractivity contribution in [3.05, 3.63) is 65.0 Å². The van der Waals surface area contributed by atoms with Crippen LogP contribution in [0.15, 0.2) is 42.5 Å². The minimum absolute atomic E-state index is 0.280. The molecule has 8 heteroatoms. The molecule has 2 N–H and O–H groups in total. The van der Waals surface area contributed by atoms with E-state index in [1.165, 1.54) is 12.1 Å². The molecule has 4 rings (SSSR count). The van der Waals surface area contributed by atoms with Crippen molar-refractivity contribution in [3.63, 3.8) is 0 Å². The number of nitrogens with two attached hydrogens (primary N) is 1. The molecule has 0 saturated carbocycles. The number of pyridine rings is 1. The molecule has 0 aliphatic rings. The van der Waals surface area contributed by atoms with Crippen LogP contribution in [0.4, 0.5) is 19.0 Å². The summed E-state index contributed by atoms with van der Waals surface area (Å²) in [5.41, 5.74) is 9.17. The maximum Gasteiger partial charge on any atom is 0.416 e. The topological polar surface area (TPSA) is 66.0 Å². The number of nitrogens with zero attached hydrogens (tertiary/aromatic N) is 3. The third-order valence-electron chi connectivity index (χ3n) is 5.84. The van der Waals surface area contributed by atoms with E-state index in [0.717, 1.165) is 34.9 Å². The Bertz CT molecular complexity index is 1310. The van der Waals surface area contributed by atoms with Gasteiger partial charge < -0.3 is 15.0 Å². The summed E-state index contributed by atoms with van der Waals surface area (Å²) in [6.45, 7) is 7.94. The first-order valence-electron chi connectivity index (χ1n) is 11.5. The molecule has 0 unspecified atom stereocenters. The summed E-state index contributed by atoms with van der Waals surface area (Å²) in [6.07, 6.45) is -3.62. The Morgan fingerprint density at radius 1 is 1.06 bits per heavy atom. The molecule has 34 heavy (non-hydrogen) atoms. The van der Waals surface area contributed by atoms with Gasteiger partial charge in [-0.3, -0.25) is 0 Å². The van der Waals surface area contributed by atoms with Crippen molar-refractivity contribution in [2.24, 2.45) is 5.92 Å². The Morgan fingerprint density at radius 2 is 1.82 bits per heavy atom. The predicted molar refractivity (Wildman–Crippen MR) is 128 cm³/mol. The first-order chi connectivity index (χ1) is 16.2. The number of hydrogen-bond donors (Lipinski definition) is 1. The van der Waals surface area contributed by atoms with E-state index in [0.29, 0.717) is 42.4 Å². The van der Waals surface area contributed by atoms with Gasteiger partial charge in [-0.1, -0.05) is 44.2 Å². The number of halogens is 3. The number of imidazole rings is 1. The molecule has 5 nitrogen and oxygen atoms in total. The number of aromatic nitrogens is 3. The van der Waals surface area contributed by atoms with Crippen molar-refractivity contribution < 1.29 is 17.9 Å². The van der Waals surface area contributed by atoms with Crippen LogP contribution in [0.25, 0.3) is 21.9 Å². The quantitative estimate of drug-likeness (QED) is 0.335. The number of aryl methyl sites for hydroxylation is 2. The molecule has 2 heterocycles. The van der Waals surface area contributed by atoms with Gasteiger partial charge in [0.1, 0.15) is 17.9 Å². The largest absolute Gasteiger partial charge is 0.416 e. The van der Waals surface area contributed by atoms with Crippen LogP contribution in [0, 0.1) is 5.92 Å². The van der Waals surface area contributed by atoms with Gasteiger partial charge in [-0.25, -0.2) is 9.97 Å². The lowest BCUT2D eigenvalue weighted by atomic mass is 9.98. The van der Waals surface area contributed by atoms with E-state index < -0.39 is 11.7 Å². The highest BCUT2D eigenvalue weighted by Gasteiger charge is 2.32. The highest BCUT2D eigenvalue weighted by molar-refractivity contribution is 6.06. The number of hydrogen-bond acceptors (Lipinski definition) is 4. The van der Waals surface area contributed by atoms with Crippen molar-refractivity contribution >= 4 is 27.8 Å². The molecule has 0 radical (unpaired) electrons. The summed E-state index contributed by atoms with van der Waals surface area (Å²) in [6, 6.07) is 11.6. The number of rotatable bonds is 8. The zero-order valence-corrected chi connectivity index (χ0v) is 19.6. The fourth-order valence-electron chi connectivity index (χ4n) is 4.32. The van der Waals surface area contributed by atoms with Crippen LogP contribution in [0.2, 0.25) is 0 Å². The number of fused-ring (bicyclic) bond motifs is 3. The lowest BCUT2D eigenvalue weighted by Gasteiger charge is -2.14. The van der Waals surface area contributed by atoms with Gasteiger partial charge in [0.2, 0.25) is 0 Å². The van der Waals surface area contributed by atoms with Crippen LogP contribution in [0.1, 0.15) is 43.3 Å². The second-order valence-corrected chi connectivity index (χ2v) is 8.87. The average molecular weight is 471 g/mol. The summed E-state index contributed by atoms with van der Waals surface area (Å²) in [5.74, 6) is 1.52. The van der Waals surface area contributed by atoms with Crippen LogP contribution in [0.3, 0.4) is 0 Å². The second-order valence-electron chi connectivity index (χ2n) is 8.87. The molecular formula is C26H29F3N4O. The molecule has 0 spiro atoms. The van der Waals surface area contributed by atoms with E-state index in [4.69, 9.17) is 15.5 Å². The smallest absolute Gasteiger partial charge is 0.382 e. The molecule has 0 atom stereocenters. The van der Waals surface area contributed by atoms with E-state index >= 15 is 0 Å². The summed E-state index contributed by atoms with van der Waals surface area (Å²) < 4.78 is 47.8. The van der Waals surface area contributed by atoms with Gasteiger partial charge in [-0.15, -0.1) is 0 Å². The van der Waals surface area contributed by atoms with Crippen molar-refractivity contribution in [2.75, 3.05) is 12.3 Å². The van der Waals surface area contributed by atoms with Gasteiger partial charge in [-0.2, -0.15) is 13.2 Å². The molecular weight excluding hydrogens is 441 g/mol. The molecule has 0 aliphatic carbocycles. The summed E-state index contributed by atoms with van der Waals surface area (Å²) >= 11 is 0. The fourth-order valence-corrected chi connectivity index (χ4v) is 4.32. The van der Waals surface area contributed by atoms with Gasteiger partial charge >= 0.3 is 6.18 Å². The lowest BCUT2D eigenvalue weighted by Crippen LogP contribution is -2.10. The van der Waals surface area contributed by atoms with Gasteiger partial charge in [0.15, 0.2) is 5.82 Å². The van der Waals surface area contributed by atoms with Crippen LogP contribution < -0.4 is 5.73 Å². The lowest BCUT2D eigenvalue weighted by molar-refractivity contribution is -0.138. The fraction of sp³-hybridized carbons (Fsp3) is 0.385. The Kier molecular flexibility index (Phi) is 6.79. The van der Waals surface area contributed by atoms with Crippen molar-refractivity contribution in [3.8, 4) is 0 Å². The van der Waals surface area contributed by atoms with Gasteiger partial charge in [-0.05, 0) is 48.9 Å².